The summed E-state index contributed by atoms with van der Waals surface area (Å²) in [5.74, 6) is 0.587. The van der Waals surface area contributed by atoms with Crippen molar-refractivity contribution in [2.24, 2.45) is 5.92 Å². The van der Waals surface area contributed by atoms with Crippen LogP contribution in [0.1, 0.15) is 26.2 Å². The normalized spacial score (nSPS) is 21.9. The molecule has 1 rings (SSSR count). The van der Waals surface area contributed by atoms with Crippen LogP contribution >= 0.6 is 0 Å². The Kier molecular flexibility index (Phi) is 8.15. The van der Waals surface area contributed by atoms with Gasteiger partial charge in [0.2, 0.25) is 0 Å². The second-order valence-corrected chi connectivity index (χ2v) is 4.41. The maximum atomic E-state index is 12.3. The van der Waals surface area contributed by atoms with Crippen LogP contribution in [0.25, 0.3) is 0 Å². The molecule has 1 fully saturated rings. The van der Waals surface area contributed by atoms with Gasteiger partial charge in [0.05, 0.1) is 0 Å². The van der Waals surface area contributed by atoms with E-state index in [0.717, 1.165) is 32.4 Å². The van der Waals surface area contributed by atoms with E-state index < -0.39 is 12.4 Å². The summed E-state index contributed by atoms with van der Waals surface area (Å²) in [6, 6.07) is 0. The summed E-state index contributed by atoms with van der Waals surface area (Å²) in [6.07, 6.45) is 3.27. The van der Waals surface area contributed by atoms with Crippen molar-refractivity contribution in [3.63, 3.8) is 0 Å². The molecule has 1 saturated heterocycles. The van der Waals surface area contributed by atoms with Gasteiger partial charge in [-0.25, -0.2) is 0 Å². The number of likely N-dealkylation sites (tertiary alicyclic amines) is 1. The van der Waals surface area contributed by atoms with E-state index in [4.69, 9.17) is 0 Å². The van der Waals surface area contributed by atoms with E-state index in [2.05, 4.69) is 13.5 Å². The molecule has 6 heteroatoms. The van der Waals surface area contributed by atoms with Gasteiger partial charge in [0, 0.05) is 6.54 Å². The van der Waals surface area contributed by atoms with Crippen LogP contribution in [0.2, 0.25) is 0 Å². The minimum Gasteiger partial charge on any atom is -0.445 e. The molecule has 0 radical (unpaired) electrons. The first-order chi connectivity index (χ1) is 6.93. The molecule has 88 valence electrons. The first-order valence-corrected chi connectivity index (χ1v) is 5.53. The van der Waals surface area contributed by atoms with E-state index >= 15 is 0 Å². The number of hydrogen-bond donors (Lipinski definition) is 0. The van der Waals surface area contributed by atoms with Gasteiger partial charge in [-0.2, -0.15) is 0 Å². The predicted octanol–water partition coefficient (Wildman–Crippen LogP) is 0.0552. The van der Waals surface area contributed by atoms with Crippen molar-refractivity contribution in [2.45, 2.75) is 26.2 Å². The van der Waals surface area contributed by atoms with Gasteiger partial charge in [-0.1, -0.05) is 13.3 Å². The fourth-order valence-corrected chi connectivity index (χ4v) is 2.09. The van der Waals surface area contributed by atoms with Gasteiger partial charge < -0.3 is 17.8 Å². The monoisotopic (exact) mass is 259 g/mol. The van der Waals surface area contributed by atoms with Crippen molar-refractivity contribution < 1.29 is 64.3 Å². The van der Waals surface area contributed by atoms with Crippen molar-refractivity contribution >= 4 is 6.98 Å². The molecule has 1 atom stereocenters. The maximum absolute atomic E-state index is 12.3. The van der Waals surface area contributed by atoms with Crippen LogP contribution in [0.4, 0.5) is 12.9 Å². The molecule has 16 heavy (non-hydrogen) atoms. The molecule has 1 heterocycles. The molecule has 0 aromatic carbocycles. The Labute approximate surface area is 138 Å². The average Bonchev–Trinajstić information content (AvgIpc) is 2.51. The third-order valence-corrected chi connectivity index (χ3v) is 2.96. The van der Waals surface area contributed by atoms with Gasteiger partial charge in [0.25, 0.3) is 0 Å². The largest absolute Gasteiger partial charge is 1.00 e. The van der Waals surface area contributed by atoms with Crippen LogP contribution in [0.5, 0.6) is 0 Å². The fourth-order valence-electron chi connectivity index (χ4n) is 2.09. The molecule has 0 amide bonds. The van der Waals surface area contributed by atoms with Gasteiger partial charge >= 0.3 is 58.4 Å². The zero-order chi connectivity index (χ0) is 11.5. The second kappa shape index (κ2) is 7.59. The van der Waals surface area contributed by atoms with E-state index in [1.165, 1.54) is 0 Å². The number of rotatable bonds is 5. The SMILES string of the molecule is C=C(CN1CCC(CCC)C1)[B-](F)(F)F.[K+]. The Balaban J connectivity index is 0.00000225. The first-order valence-electron chi connectivity index (χ1n) is 5.53. The van der Waals surface area contributed by atoms with Crippen LogP contribution in [-0.4, -0.2) is 31.5 Å². The molecule has 0 saturated carbocycles. The van der Waals surface area contributed by atoms with Crippen LogP contribution in [0.3, 0.4) is 0 Å². The molecule has 0 aliphatic carbocycles. The van der Waals surface area contributed by atoms with Crippen molar-refractivity contribution in [2.75, 3.05) is 19.6 Å². The van der Waals surface area contributed by atoms with Gasteiger partial charge in [0.1, 0.15) is 0 Å². The predicted molar refractivity (Wildman–Crippen MR) is 57.7 cm³/mol. The third kappa shape index (κ3) is 5.69. The summed E-state index contributed by atoms with van der Waals surface area (Å²) >= 11 is 0. The van der Waals surface area contributed by atoms with E-state index in [9.17, 15) is 12.9 Å². The van der Waals surface area contributed by atoms with E-state index in [1.807, 2.05) is 4.90 Å². The van der Waals surface area contributed by atoms with Crippen molar-refractivity contribution in [3.05, 3.63) is 12.1 Å². The summed E-state index contributed by atoms with van der Waals surface area (Å²) in [7, 11) is 0. The average molecular weight is 259 g/mol. The second-order valence-electron chi connectivity index (χ2n) is 4.41. The topological polar surface area (TPSA) is 3.24 Å². The smallest absolute Gasteiger partial charge is 0.445 e. The van der Waals surface area contributed by atoms with Crippen molar-refractivity contribution in [1.29, 1.82) is 0 Å². The quantitative estimate of drug-likeness (QED) is 0.631. The number of hydrogen-bond acceptors (Lipinski definition) is 1. The molecule has 0 aromatic rings. The summed E-state index contributed by atoms with van der Waals surface area (Å²) in [5.41, 5.74) is -0.563. The molecular formula is C10H18BF3KN. The minimum atomic E-state index is -4.85. The Morgan fingerprint density at radius 1 is 1.44 bits per heavy atom. The molecule has 1 unspecified atom stereocenters. The van der Waals surface area contributed by atoms with Crippen molar-refractivity contribution in [3.8, 4) is 0 Å². The Bertz CT molecular complexity index is 233. The third-order valence-electron chi connectivity index (χ3n) is 2.96. The summed E-state index contributed by atoms with van der Waals surface area (Å²) in [5, 5.41) is 0. The zero-order valence-corrected chi connectivity index (χ0v) is 13.3. The molecular weight excluding hydrogens is 241 g/mol. The van der Waals surface area contributed by atoms with Crippen molar-refractivity contribution in [1.82, 2.24) is 4.90 Å². The van der Waals surface area contributed by atoms with Crippen LogP contribution < -0.4 is 51.4 Å². The molecule has 0 bridgehead atoms. The Hall–Kier alpha value is 1.19. The van der Waals surface area contributed by atoms with Gasteiger partial charge in [-0.05, 0) is 31.8 Å². The molecule has 0 spiro atoms. The van der Waals surface area contributed by atoms with E-state index in [-0.39, 0.29) is 57.9 Å². The van der Waals surface area contributed by atoms with Gasteiger partial charge in [-0.3, -0.25) is 0 Å². The van der Waals surface area contributed by atoms with Gasteiger partial charge in [-0.15, -0.1) is 12.1 Å². The minimum absolute atomic E-state index is 0. The summed E-state index contributed by atoms with van der Waals surface area (Å²) < 4.78 is 36.9. The Morgan fingerprint density at radius 2 is 2.06 bits per heavy atom. The summed E-state index contributed by atoms with van der Waals surface area (Å²) in [4.78, 5) is 1.87. The fraction of sp³-hybridized carbons (Fsp3) is 0.800. The molecule has 1 aliphatic heterocycles. The molecule has 1 nitrogen and oxygen atoms in total. The zero-order valence-electron chi connectivity index (χ0n) is 10.2. The van der Waals surface area contributed by atoms with Crippen LogP contribution in [0.15, 0.2) is 12.1 Å². The first kappa shape index (κ1) is 17.2. The maximum Gasteiger partial charge on any atom is 1.00 e. The molecule has 0 N–H and O–H groups in total. The Morgan fingerprint density at radius 3 is 2.56 bits per heavy atom. The van der Waals surface area contributed by atoms with E-state index in [1.54, 1.807) is 0 Å². The summed E-state index contributed by atoms with van der Waals surface area (Å²) in [6.45, 7) is 1.98. The number of halogens is 3. The number of nitrogens with zero attached hydrogens (tertiary/aromatic N) is 1. The molecule has 0 aromatic heterocycles. The van der Waals surface area contributed by atoms with Gasteiger partial charge in [0.15, 0.2) is 0 Å². The van der Waals surface area contributed by atoms with Crippen LogP contribution in [0, 0.1) is 5.92 Å². The van der Waals surface area contributed by atoms with Crippen LogP contribution in [-0.2, 0) is 0 Å². The molecule has 1 aliphatic rings. The standard InChI is InChI=1S/C10H18BF3N.K/c1-3-4-10-5-6-15(8-10)7-9(2)11(12,13)14;/h10H,2-8H2,1H3;/q-1;+1. The van der Waals surface area contributed by atoms with E-state index in [0.29, 0.717) is 5.92 Å².